The van der Waals surface area contributed by atoms with Crippen molar-refractivity contribution in [2.75, 3.05) is 0 Å². The van der Waals surface area contributed by atoms with Crippen LogP contribution in [0.25, 0.3) is 0 Å². The molecule has 2 rings (SSSR count). The van der Waals surface area contributed by atoms with Crippen molar-refractivity contribution < 1.29 is 0 Å². The molecule has 0 bridgehead atoms. The minimum atomic E-state index is 0.243. The zero-order valence-electron chi connectivity index (χ0n) is 8.48. The Morgan fingerprint density at radius 2 is 2.50 bits per heavy atom. The molecule has 0 aliphatic heterocycles. The first kappa shape index (κ1) is 9.40. The van der Waals surface area contributed by atoms with E-state index in [1.165, 1.54) is 12.0 Å². The molecule has 0 radical (unpaired) electrons. The van der Waals surface area contributed by atoms with Crippen LogP contribution in [-0.2, 0) is 13.5 Å². The van der Waals surface area contributed by atoms with E-state index >= 15 is 0 Å². The summed E-state index contributed by atoms with van der Waals surface area (Å²) < 4.78 is 1.82. The molecule has 1 unspecified atom stereocenters. The van der Waals surface area contributed by atoms with Gasteiger partial charge in [-0.15, -0.1) is 0 Å². The Bertz CT molecular complexity index is 340. The molecule has 0 fully saturated rings. The Kier molecular flexibility index (Phi) is 2.63. The fourth-order valence-corrected chi connectivity index (χ4v) is 1.86. The van der Waals surface area contributed by atoms with Crippen LogP contribution in [0.15, 0.2) is 18.0 Å². The molecule has 4 heteroatoms. The molecule has 4 nitrogen and oxygen atoms in total. The minimum Gasteiger partial charge on any atom is -0.324 e. The van der Waals surface area contributed by atoms with Gasteiger partial charge in [-0.25, -0.2) is 4.98 Å². The number of nitrogens with two attached hydrogens (primary N) is 1. The van der Waals surface area contributed by atoms with Gasteiger partial charge in [0.1, 0.15) is 12.2 Å². The van der Waals surface area contributed by atoms with Gasteiger partial charge in [0.05, 0.1) is 0 Å². The number of aromatic nitrogens is 3. The van der Waals surface area contributed by atoms with E-state index < -0.39 is 0 Å². The summed E-state index contributed by atoms with van der Waals surface area (Å²) in [5.41, 5.74) is 7.28. The lowest BCUT2D eigenvalue weighted by Crippen LogP contribution is -2.21. The minimum absolute atomic E-state index is 0.243. The molecular weight excluding hydrogens is 176 g/mol. The SMILES string of the molecule is Cn1ncnc1CC1=CC(N)CCC1. The first-order valence-corrected chi connectivity index (χ1v) is 5.04. The van der Waals surface area contributed by atoms with Crippen molar-refractivity contribution in [3.05, 3.63) is 23.8 Å². The summed E-state index contributed by atoms with van der Waals surface area (Å²) in [7, 11) is 1.92. The standard InChI is InChI=1S/C10H16N4/c1-14-10(12-7-13-14)6-8-3-2-4-9(11)5-8/h5,7,9H,2-4,6,11H2,1H3. The second-order valence-corrected chi connectivity index (χ2v) is 3.86. The Balaban J connectivity index is 2.07. The highest BCUT2D eigenvalue weighted by Crippen LogP contribution is 2.19. The zero-order valence-corrected chi connectivity index (χ0v) is 8.48. The van der Waals surface area contributed by atoms with Gasteiger partial charge in [-0.05, 0) is 19.3 Å². The Morgan fingerprint density at radius 3 is 3.14 bits per heavy atom. The number of nitrogens with zero attached hydrogens (tertiary/aromatic N) is 3. The van der Waals surface area contributed by atoms with Gasteiger partial charge in [-0.2, -0.15) is 5.10 Å². The average Bonchev–Trinajstić information content (AvgIpc) is 2.52. The molecule has 1 atom stereocenters. The third-order valence-corrected chi connectivity index (χ3v) is 2.68. The van der Waals surface area contributed by atoms with Gasteiger partial charge in [-0.3, -0.25) is 4.68 Å². The molecule has 0 spiro atoms. The van der Waals surface area contributed by atoms with E-state index in [-0.39, 0.29) is 6.04 Å². The van der Waals surface area contributed by atoms with Crippen molar-refractivity contribution in [1.29, 1.82) is 0 Å². The van der Waals surface area contributed by atoms with Gasteiger partial charge in [0, 0.05) is 19.5 Å². The van der Waals surface area contributed by atoms with Gasteiger partial charge in [-0.1, -0.05) is 11.6 Å². The Morgan fingerprint density at radius 1 is 1.64 bits per heavy atom. The van der Waals surface area contributed by atoms with Crippen LogP contribution >= 0.6 is 0 Å². The normalized spacial score (nSPS) is 22.1. The van der Waals surface area contributed by atoms with Gasteiger partial charge in [0.2, 0.25) is 0 Å². The van der Waals surface area contributed by atoms with Crippen molar-refractivity contribution in [2.45, 2.75) is 31.7 Å². The molecule has 76 valence electrons. The second-order valence-electron chi connectivity index (χ2n) is 3.86. The van der Waals surface area contributed by atoms with Crippen LogP contribution in [0.4, 0.5) is 0 Å². The maximum atomic E-state index is 5.87. The molecule has 0 saturated carbocycles. The number of allylic oxidation sites excluding steroid dienone is 1. The summed E-state index contributed by atoms with van der Waals surface area (Å²) in [6.45, 7) is 0. The molecule has 14 heavy (non-hydrogen) atoms. The van der Waals surface area contributed by atoms with E-state index in [2.05, 4.69) is 16.2 Å². The van der Waals surface area contributed by atoms with Crippen LogP contribution in [-0.4, -0.2) is 20.8 Å². The largest absolute Gasteiger partial charge is 0.324 e. The summed E-state index contributed by atoms with van der Waals surface area (Å²) in [5, 5.41) is 4.05. The summed E-state index contributed by atoms with van der Waals surface area (Å²) in [6, 6.07) is 0.243. The highest BCUT2D eigenvalue weighted by Gasteiger charge is 2.11. The molecule has 1 aliphatic carbocycles. The van der Waals surface area contributed by atoms with Gasteiger partial charge in [0.15, 0.2) is 0 Å². The van der Waals surface area contributed by atoms with Crippen molar-refractivity contribution in [1.82, 2.24) is 14.8 Å². The second kappa shape index (κ2) is 3.92. The molecule has 1 aromatic rings. The number of rotatable bonds is 2. The summed E-state index contributed by atoms with van der Waals surface area (Å²) in [4.78, 5) is 4.21. The summed E-state index contributed by atoms with van der Waals surface area (Å²) in [6.07, 6.45) is 8.13. The predicted molar refractivity (Wildman–Crippen MR) is 54.6 cm³/mol. The van der Waals surface area contributed by atoms with Crippen LogP contribution in [0.1, 0.15) is 25.1 Å². The molecule has 0 amide bonds. The Labute approximate surface area is 83.8 Å². The van der Waals surface area contributed by atoms with E-state index in [0.29, 0.717) is 0 Å². The van der Waals surface area contributed by atoms with Gasteiger partial charge >= 0.3 is 0 Å². The van der Waals surface area contributed by atoms with Crippen LogP contribution in [0.5, 0.6) is 0 Å². The summed E-state index contributed by atoms with van der Waals surface area (Å²) in [5.74, 6) is 1.02. The maximum Gasteiger partial charge on any atom is 0.138 e. The molecule has 2 N–H and O–H groups in total. The van der Waals surface area contributed by atoms with E-state index in [1.54, 1.807) is 6.33 Å². The molecule has 1 aliphatic rings. The van der Waals surface area contributed by atoms with Crippen LogP contribution in [0.2, 0.25) is 0 Å². The molecule has 1 aromatic heterocycles. The van der Waals surface area contributed by atoms with Crippen LogP contribution in [0.3, 0.4) is 0 Å². The number of hydrogen-bond acceptors (Lipinski definition) is 3. The van der Waals surface area contributed by atoms with Gasteiger partial charge < -0.3 is 5.73 Å². The molecule has 0 saturated heterocycles. The fraction of sp³-hybridized carbons (Fsp3) is 0.600. The monoisotopic (exact) mass is 192 g/mol. The molecule has 1 heterocycles. The molecule has 0 aromatic carbocycles. The highest BCUT2D eigenvalue weighted by atomic mass is 15.3. The zero-order chi connectivity index (χ0) is 9.97. The number of aryl methyl sites for hydroxylation is 1. The van der Waals surface area contributed by atoms with E-state index in [1.807, 2.05) is 11.7 Å². The lowest BCUT2D eigenvalue weighted by Gasteiger charge is -2.17. The lowest BCUT2D eigenvalue weighted by molar-refractivity contribution is 0.607. The fourth-order valence-electron chi connectivity index (χ4n) is 1.86. The third-order valence-electron chi connectivity index (χ3n) is 2.68. The molecular formula is C10H16N4. The first-order chi connectivity index (χ1) is 6.75. The smallest absolute Gasteiger partial charge is 0.138 e. The Hall–Kier alpha value is -1.16. The van der Waals surface area contributed by atoms with Crippen LogP contribution < -0.4 is 5.73 Å². The van der Waals surface area contributed by atoms with Crippen molar-refractivity contribution >= 4 is 0 Å². The van der Waals surface area contributed by atoms with Crippen molar-refractivity contribution in [3.8, 4) is 0 Å². The highest BCUT2D eigenvalue weighted by molar-refractivity contribution is 5.14. The topological polar surface area (TPSA) is 56.7 Å². The quantitative estimate of drug-likeness (QED) is 0.705. The third kappa shape index (κ3) is 2.01. The van der Waals surface area contributed by atoms with Crippen LogP contribution in [0, 0.1) is 0 Å². The van der Waals surface area contributed by atoms with Gasteiger partial charge in [0.25, 0.3) is 0 Å². The number of hydrogen-bond donors (Lipinski definition) is 1. The van der Waals surface area contributed by atoms with Crippen molar-refractivity contribution in [3.63, 3.8) is 0 Å². The predicted octanol–water partition coefficient (Wildman–Crippen LogP) is 0.795. The van der Waals surface area contributed by atoms with E-state index in [9.17, 15) is 0 Å². The maximum absolute atomic E-state index is 5.87. The first-order valence-electron chi connectivity index (χ1n) is 5.04. The van der Waals surface area contributed by atoms with Crippen molar-refractivity contribution in [2.24, 2.45) is 12.8 Å². The van der Waals surface area contributed by atoms with E-state index in [4.69, 9.17) is 5.73 Å². The lowest BCUT2D eigenvalue weighted by atomic mass is 9.94. The summed E-state index contributed by atoms with van der Waals surface area (Å²) >= 11 is 0. The van der Waals surface area contributed by atoms with E-state index in [0.717, 1.165) is 25.1 Å². The average molecular weight is 192 g/mol.